The second kappa shape index (κ2) is 7.31. The van der Waals surface area contributed by atoms with Crippen molar-refractivity contribution in [3.8, 4) is 0 Å². The minimum absolute atomic E-state index is 0.295. The van der Waals surface area contributed by atoms with Crippen LogP contribution in [0.15, 0.2) is 67.0 Å². The molecule has 0 saturated carbocycles. The molecule has 1 atom stereocenters. The number of cyclic esters (lactones) is 1. The summed E-state index contributed by atoms with van der Waals surface area (Å²) in [5, 5.41) is 7.09. The lowest BCUT2D eigenvalue weighted by atomic mass is 9.89. The van der Waals surface area contributed by atoms with E-state index >= 15 is 0 Å². The van der Waals surface area contributed by atoms with Gasteiger partial charge in [-0.25, -0.2) is 4.79 Å². The second-order valence-corrected chi connectivity index (χ2v) is 7.16. The number of hydrogen-bond donors (Lipinski definition) is 1. The highest BCUT2D eigenvalue weighted by Gasteiger charge is 2.42. The Morgan fingerprint density at radius 3 is 2.64 bits per heavy atom. The van der Waals surface area contributed by atoms with E-state index < -0.39 is 11.6 Å². The van der Waals surface area contributed by atoms with Crippen LogP contribution in [0.1, 0.15) is 34.0 Å². The maximum absolute atomic E-state index is 12.7. The van der Waals surface area contributed by atoms with Crippen molar-refractivity contribution in [3.63, 3.8) is 0 Å². The second-order valence-electron chi connectivity index (χ2n) is 7.16. The van der Waals surface area contributed by atoms with Crippen LogP contribution in [0.25, 0.3) is 0 Å². The molecule has 2 heterocycles. The minimum Gasteiger partial charge on any atom is -0.445 e. The van der Waals surface area contributed by atoms with Crippen molar-refractivity contribution in [3.05, 3.63) is 89.2 Å². The third kappa shape index (κ3) is 3.67. The van der Waals surface area contributed by atoms with Crippen LogP contribution in [0.4, 0.5) is 0 Å². The van der Waals surface area contributed by atoms with Gasteiger partial charge in [-0.05, 0) is 35.7 Å². The molecule has 0 radical (unpaired) electrons. The Bertz CT molecular complexity index is 996. The van der Waals surface area contributed by atoms with Crippen LogP contribution in [0, 0.1) is 0 Å². The molecule has 6 nitrogen and oxygen atoms in total. The molecule has 0 spiro atoms. The van der Waals surface area contributed by atoms with E-state index in [0.29, 0.717) is 25.1 Å². The number of carbonyl (C=O) groups is 2. The summed E-state index contributed by atoms with van der Waals surface area (Å²) in [5.41, 5.74) is 2.26. The molecule has 3 aromatic rings. The smallest absolute Gasteiger partial charge is 0.339 e. The number of ether oxygens (including phenoxy) is 1. The van der Waals surface area contributed by atoms with Crippen molar-refractivity contribution >= 4 is 11.9 Å². The van der Waals surface area contributed by atoms with Crippen molar-refractivity contribution in [2.45, 2.75) is 32.0 Å². The van der Waals surface area contributed by atoms with Crippen molar-refractivity contribution in [2.75, 3.05) is 0 Å². The number of fused-ring (bicyclic) bond motifs is 1. The SMILES string of the molecule is C[C@]1(C(=O)NCc2ccc(Cn3cccn3)cc2)Cc2ccccc2C(=O)O1. The van der Waals surface area contributed by atoms with Crippen LogP contribution >= 0.6 is 0 Å². The summed E-state index contributed by atoms with van der Waals surface area (Å²) < 4.78 is 7.32. The van der Waals surface area contributed by atoms with Gasteiger partial charge in [0, 0.05) is 25.4 Å². The molecule has 1 N–H and O–H groups in total. The van der Waals surface area contributed by atoms with Gasteiger partial charge in [-0.2, -0.15) is 5.10 Å². The molecule has 4 rings (SSSR count). The van der Waals surface area contributed by atoms with E-state index in [1.807, 2.05) is 53.3 Å². The standard InChI is InChI=1S/C22H21N3O3/c1-22(13-18-5-2-3-6-19(18)20(26)28-22)21(27)23-14-16-7-9-17(10-8-16)15-25-12-4-11-24-25/h2-12H,13-15H2,1H3,(H,23,27)/t22-/m1/s1. The van der Waals surface area contributed by atoms with Crippen LogP contribution in [0.5, 0.6) is 0 Å². The zero-order valence-corrected chi connectivity index (χ0v) is 15.6. The topological polar surface area (TPSA) is 73.2 Å². The number of rotatable bonds is 5. The molecule has 142 valence electrons. The fourth-order valence-corrected chi connectivity index (χ4v) is 3.37. The third-order valence-electron chi connectivity index (χ3n) is 4.94. The number of nitrogens with one attached hydrogen (secondary N) is 1. The Labute approximate surface area is 163 Å². The number of nitrogens with zero attached hydrogens (tertiary/aromatic N) is 2. The first-order valence-electron chi connectivity index (χ1n) is 9.18. The molecule has 28 heavy (non-hydrogen) atoms. The predicted octanol–water partition coefficient (Wildman–Crippen LogP) is 2.72. The molecule has 2 aromatic carbocycles. The molecule has 0 bridgehead atoms. The zero-order chi connectivity index (χ0) is 19.6. The Kier molecular flexibility index (Phi) is 4.69. The van der Waals surface area contributed by atoms with E-state index in [-0.39, 0.29) is 5.91 Å². The fraction of sp³-hybridized carbons (Fsp3) is 0.227. The van der Waals surface area contributed by atoms with E-state index in [1.165, 1.54) is 0 Å². The maximum atomic E-state index is 12.7. The van der Waals surface area contributed by atoms with Crippen molar-refractivity contribution in [1.82, 2.24) is 15.1 Å². The average molecular weight is 375 g/mol. The zero-order valence-electron chi connectivity index (χ0n) is 15.6. The summed E-state index contributed by atoms with van der Waals surface area (Å²) in [6.07, 6.45) is 4.03. The Hall–Kier alpha value is -3.41. The summed E-state index contributed by atoms with van der Waals surface area (Å²) in [7, 11) is 0. The summed E-state index contributed by atoms with van der Waals surface area (Å²) >= 11 is 0. The summed E-state index contributed by atoms with van der Waals surface area (Å²) in [4.78, 5) is 25.0. The van der Waals surface area contributed by atoms with Crippen LogP contribution < -0.4 is 5.32 Å². The van der Waals surface area contributed by atoms with E-state index in [0.717, 1.165) is 16.7 Å². The van der Waals surface area contributed by atoms with E-state index in [1.54, 1.807) is 25.3 Å². The highest BCUT2D eigenvalue weighted by molar-refractivity contribution is 5.97. The van der Waals surface area contributed by atoms with Gasteiger partial charge in [-0.15, -0.1) is 0 Å². The van der Waals surface area contributed by atoms with Gasteiger partial charge in [0.25, 0.3) is 5.91 Å². The van der Waals surface area contributed by atoms with Gasteiger partial charge in [-0.1, -0.05) is 42.5 Å². The highest BCUT2D eigenvalue weighted by atomic mass is 16.6. The summed E-state index contributed by atoms with van der Waals surface area (Å²) in [6.45, 7) is 2.73. The molecule has 1 aliphatic heterocycles. The van der Waals surface area contributed by atoms with Crippen LogP contribution in [0.2, 0.25) is 0 Å². The predicted molar refractivity (Wildman–Crippen MR) is 104 cm³/mol. The van der Waals surface area contributed by atoms with E-state index in [9.17, 15) is 9.59 Å². The summed E-state index contributed by atoms with van der Waals surface area (Å²) in [6, 6.07) is 17.1. The van der Waals surface area contributed by atoms with Gasteiger partial charge >= 0.3 is 5.97 Å². The molecule has 6 heteroatoms. The Balaban J connectivity index is 1.38. The van der Waals surface area contributed by atoms with Crippen LogP contribution in [0.3, 0.4) is 0 Å². The minimum atomic E-state index is -1.20. The quantitative estimate of drug-likeness (QED) is 0.696. The van der Waals surface area contributed by atoms with Gasteiger partial charge in [0.15, 0.2) is 5.60 Å². The molecule has 1 aliphatic rings. The van der Waals surface area contributed by atoms with Gasteiger partial charge in [0.1, 0.15) is 0 Å². The number of hydrogen-bond acceptors (Lipinski definition) is 4. The lowest BCUT2D eigenvalue weighted by Gasteiger charge is -2.33. The maximum Gasteiger partial charge on any atom is 0.339 e. The van der Waals surface area contributed by atoms with Gasteiger partial charge in [0.2, 0.25) is 0 Å². The molecule has 0 unspecified atom stereocenters. The third-order valence-corrected chi connectivity index (χ3v) is 4.94. The first-order valence-corrected chi connectivity index (χ1v) is 9.18. The molecule has 1 aromatic heterocycles. The molecular formula is C22H21N3O3. The van der Waals surface area contributed by atoms with Crippen molar-refractivity contribution in [2.24, 2.45) is 0 Å². The largest absolute Gasteiger partial charge is 0.445 e. The number of esters is 1. The number of aromatic nitrogens is 2. The normalized spacial score (nSPS) is 18.2. The van der Waals surface area contributed by atoms with Gasteiger partial charge in [0.05, 0.1) is 12.1 Å². The van der Waals surface area contributed by atoms with Crippen LogP contribution in [-0.2, 0) is 29.0 Å². The van der Waals surface area contributed by atoms with E-state index in [2.05, 4.69) is 10.4 Å². The Morgan fingerprint density at radius 2 is 1.89 bits per heavy atom. The molecule has 1 amide bonds. The molecule has 0 aliphatic carbocycles. The van der Waals surface area contributed by atoms with E-state index in [4.69, 9.17) is 4.74 Å². The van der Waals surface area contributed by atoms with Crippen molar-refractivity contribution in [1.29, 1.82) is 0 Å². The lowest BCUT2D eigenvalue weighted by Crippen LogP contribution is -2.51. The number of amides is 1. The Morgan fingerprint density at radius 1 is 1.14 bits per heavy atom. The first kappa shape index (κ1) is 18.0. The van der Waals surface area contributed by atoms with Gasteiger partial charge < -0.3 is 10.1 Å². The highest BCUT2D eigenvalue weighted by Crippen LogP contribution is 2.28. The average Bonchev–Trinajstić information content (AvgIpc) is 3.20. The monoisotopic (exact) mass is 375 g/mol. The first-order chi connectivity index (χ1) is 13.5. The molecule has 0 saturated heterocycles. The van der Waals surface area contributed by atoms with Crippen molar-refractivity contribution < 1.29 is 14.3 Å². The summed E-state index contributed by atoms with van der Waals surface area (Å²) in [5.74, 6) is -0.751. The lowest BCUT2D eigenvalue weighted by molar-refractivity contribution is -0.139. The van der Waals surface area contributed by atoms with Crippen LogP contribution in [-0.4, -0.2) is 27.3 Å². The number of carbonyl (C=O) groups excluding carboxylic acids is 2. The van der Waals surface area contributed by atoms with Gasteiger partial charge in [-0.3, -0.25) is 9.48 Å². The molecular weight excluding hydrogens is 354 g/mol. The fourth-order valence-electron chi connectivity index (χ4n) is 3.37. The number of benzene rings is 2. The molecule has 0 fully saturated rings.